The van der Waals surface area contributed by atoms with Crippen LogP contribution in [0.1, 0.15) is 50.5 Å². The van der Waals surface area contributed by atoms with Crippen molar-refractivity contribution in [2.24, 2.45) is 11.8 Å². The summed E-state index contributed by atoms with van der Waals surface area (Å²) in [4.78, 5) is 26.0. The summed E-state index contributed by atoms with van der Waals surface area (Å²) in [6, 6.07) is 9.68. The maximum atomic E-state index is 13.3. The normalized spacial score (nSPS) is 34.1. The summed E-state index contributed by atoms with van der Waals surface area (Å²) in [5, 5.41) is 0. The van der Waals surface area contributed by atoms with Crippen molar-refractivity contribution < 1.29 is 14.2 Å². The van der Waals surface area contributed by atoms with E-state index >= 15 is 0 Å². The van der Waals surface area contributed by atoms with Crippen LogP contribution in [0.15, 0.2) is 46.1 Å². The van der Waals surface area contributed by atoms with Crippen LogP contribution in [0.2, 0.25) is 0 Å². The molecule has 3 fully saturated rings. The zero-order chi connectivity index (χ0) is 21.8. The average Bonchev–Trinajstić information content (AvgIpc) is 3.22. The SMILES string of the molecule is Cc1cn([C@@H]2OC34[C@H](C)CCC[C@H]3O[C@H]2[C@H]4C)c(=O)n(COCc2ccccc2)c1=O. The van der Waals surface area contributed by atoms with E-state index in [0.717, 1.165) is 29.4 Å². The summed E-state index contributed by atoms with van der Waals surface area (Å²) < 4.78 is 21.4. The fourth-order valence-corrected chi connectivity index (χ4v) is 5.85. The molecule has 2 aromatic rings. The zero-order valence-electron chi connectivity index (χ0n) is 18.3. The summed E-state index contributed by atoms with van der Waals surface area (Å²) in [6.45, 7) is 6.33. The lowest BCUT2D eigenvalue weighted by atomic mass is 9.69. The van der Waals surface area contributed by atoms with Crippen LogP contribution in [0.3, 0.4) is 0 Å². The summed E-state index contributed by atoms with van der Waals surface area (Å²) in [6.07, 6.45) is 4.22. The highest BCUT2D eigenvalue weighted by atomic mass is 16.6. The molecule has 0 N–H and O–H groups in total. The molecule has 1 aromatic carbocycles. The van der Waals surface area contributed by atoms with Gasteiger partial charge in [0.15, 0.2) is 6.23 Å². The van der Waals surface area contributed by atoms with Crippen molar-refractivity contribution in [1.82, 2.24) is 9.13 Å². The third kappa shape index (κ3) is 3.13. The number of hydrogen-bond acceptors (Lipinski definition) is 5. The van der Waals surface area contributed by atoms with Crippen molar-refractivity contribution >= 4 is 0 Å². The molecule has 6 atom stereocenters. The van der Waals surface area contributed by atoms with Gasteiger partial charge in [0.25, 0.3) is 5.56 Å². The topological polar surface area (TPSA) is 71.7 Å². The molecule has 0 radical (unpaired) electrons. The van der Waals surface area contributed by atoms with Gasteiger partial charge in [-0.3, -0.25) is 9.36 Å². The maximum Gasteiger partial charge on any atom is 0.335 e. The lowest BCUT2D eigenvalue weighted by molar-refractivity contribution is -0.239. The molecule has 1 aromatic heterocycles. The summed E-state index contributed by atoms with van der Waals surface area (Å²) in [5.41, 5.74) is 0.347. The van der Waals surface area contributed by atoms with Gasteiger partial charge in [0.1, 0.15) is 18.4 Å². The second-order valence-corrected chi connectivity index (χ2v) is 9.27. The molecule has 0 amide bonds. The molecular formula is C24H30N2O5. The molecule has 1 saturated carbocycles. The molecule has 7 heteroatoms. The largest absolute Gasteiger partial charge is 0.367 e. The Balaban J connectivity index is 1.43. The van der Waals surface area contributed by atoms with Crippen molar-refractivity contribution in [1.29, 1.82) is 0 Å². The lowest BCUT2D eigenvalue weighted by Crippen LogP contribution is -2.53. The standard InChI is InChI=1S/C24H30N2O5/c1-15-12-25(22-20-17(3)24(31-22)16(2)8-7-11-19(24)30-20)23(28)26(21(15)27)14-29-13-18-9-5-4-6-10-18/h4-6,9-10,12,16-17,19-20,22H,7-8,11,13-14H2,1-3H3/t16-,17-,19-,20+,22-,24?/m1/s1. The predicted molar refractivity (Wildman–Crippen MR) is 115 cm³/mol. The molecule has 3 heterocycles. The van der Waals surface area contributed by atoms with Gasteiger partial charge in [-0.1, -0.05) is 50.6 Å². The summed E-state index contributed by atoms with van der Waals surface area (Å²) >= 11 is 0. The zero-order valence-corrected chi connectivity index (χ0v) is 18.3. The molecule has 1 aliphatic carbocycles. The Morgan fingerprint density at radius 2 is 1.94 bits per heavy atom. The first kappa shape index (κ1) is 20.7. The van der Waals surface area contributed by atoms with Crippen LogP contribution in [0.4, 0.5) is 0 Å². The van der Waals surface area contributed by atoms with E-state index in [1.54, 1.807) is 13.1 Å². The number of fused-ring (bicyclic) bond motifs is 1. The molecule has 1 unspecified atom stereocenters. The van der Waals surface area contributed by atoms with E-state index in [2.05, 4.69) is 13.8 Å². The van der Waals surface area contributed by atoms with Crippen molar-refractivity contribution in [3.05, 3.63) is 68.5 Å². The van der Waals surface area contributed by atoms with Gasteiger partial charge in [0.05, 0.1) is 12.7 Å². The smallest absolute Gasteiger partial charge is 0.335 e. The van der Waals surface area contributed by atoms with E-state index in [-0.39, 0.29) is 36.0 Å². The molecule has 31 heavy (non-hydrogen) atoms. The predicted octanol–water partition coefficient (Wildman–Crippen LogP) is 2.98. The van der Waals surface area contributed by atoms with E-state index in [1.165, 1.54) is 4.57 Å². The van der Waals surface area contributed by atoms with E-state index in [1.807, 2.05) is 30.3 Å². The molecule has 3 aliphatic rings. The van der Waals surface area contributed by atoms with Crippen LogP contribution >= 0.6 is 0 Å². The van der Waals surface area contributed by atoms with Crippen LogP contribution < -0.4 is 11.2 Å². The number of hydrogen-bond donors (Lipinski definition) is 0. The van der Waals surface area contributed by atoms with Gasteiger partial charge in [0.2, 0.25) is 0 Å². The fourth-order valence-electron chi connectivity index (χ4n) is 5.85. The molecule has 7 nitrogen and oxygen atoms in total. The minimum absolute atomic E-state index is 0.0874. The Kier molecular flexibility index (Phi) is 5.15. The first-order valence-electron chi connectivity index (χ1n) is 11.2. The summed E-state index contributed by atoms with van der Waals surface area (Å²) in [5.74, 6) is 0.563. The third-order valence-electron chi connectivity index (χ3n) is 7.48. The van der Waals surface area contributed by atoms with Gasteiger partial charge in [-0.25, -0.2) is 9.36 Å². The number of ether oxygens (including phenoxy) is 3. The number of aryl methyl sites for hydroxylation is 1. The maximum absolute atomic E-state index is 13.3. The van der Waals surface area contributed by atoms with Crippen molar-refractivity contribution in [3.63, 3.8) is 0 Å². The Hall–Kier alpha value is -2.22. The highest BCUT2D eigenvalue weighted by Gasteiger charge is 2.67. The van der Waals surface area contributed by atoms with Crippen LogP contribution in [-0.4, -0.2) is 26.9 Å². The van der Waals surface area contributed by atoms with Crippen LogP contribution in [-0.2, 0) is 27.5 Å². The van der Waals surface area contributed by atoms with Gasteiger partial charge >= 0.3 is 5.69 Å². The second kappa shape index (κ2) is 7.73. The van der Waals surface area contributed by atoms with Crippen LogP contribution in [0.25, 0.3) is 0 Å². The second-order valence-electron chi connectivity index (χ2n) is 9.27. The Labute approximate surface area is 181 Å². The quantitative estimate of drug-likeness (QED) is 0.735. The minimum atomic E-state index is -0.529. The Morgan fingerprint density at radius 3 is 2.71 bits per heavy atom. The Bertz CT molecular complexity index is 1080. The highest BCUT2D eigenvalue weighted by molar-refractivity contribution is 5.15. The number of benzene rings is 1. The minimum Gasteiger partial charge on any atom is -0.367 e. The number of rotatable bonds is 5. The summed E-state index contributed by atoms with van der Waals surface area (Å²) in [7, 11) is 0. The van der Waals surface area contributed by atoms with Gasteiger partial charge in [-0.2, -0.15) is 0 Å². The average molecular weight is 427 g/mol. The van der Waals surface area contributed by atoms with E-state index < -0.39 is 11.9 Å². The van der Waals surface area contributed by atoms with Gasteiger partial charge in [0, 0.05) is 17.7 Å². The number of nitrogens with zero attached hydrogens (tertiary/aromatic N) is 2. The first-order valence-corrected chi connectivity index (χ1v) is 11.2. The first-order chi connectivity index (χ1) is 14.9. The molecule has 2 saturated heterocycles. The molecule has 2 aliphatic heterocycles. The number of aromatic nitrogens is 2. The molecular weight excluding hydrogens is 396 g/mol. The molecule has 2 bridgehead atoms. The third-order valence-corrected chi connectivity index (χ3v) is 7.48. The van der Waals surface area contributed by atoms with Gasteiger partial charge in [-0.15, -0.1) is 0 Å². The lowest BCUT2D eigenvalue weighted by Gasteiger charge is -2.45. The van der Waals surface area contributed by atoms with Gasteiger partial charge < -0.3 is 14.2 Å². The fraction of sp³-hybridized carbons (Fsp3) is 0.583. The monoisotopic (exact) mass is 426 g/mol. The molecule has 5 rings (SSSR count). The molecule has 1 spiro atoms. The van der Waals surface area contributed by atoms with Crippen molar-refractivity contribution in [2.45, 2.75) is 77.4 Å². The highest BCUT2D eigenvalue weighted by Crippen LogP contribution is 2.59. The van der Waals surface area contributed by atoms with Crippen molar-refractivity contribution in [2.75, 3.05) is 0 Å². The Morgan fingerprint density at radius 1 is 1.16 bits per heavy atom. The van der Waals surface area contributed by atoms with Crippen LogP contribution in [0.5, 0.6) is 0 Å². The van der Waals surface area contributed by atoms with E-state index in [0.29, 0.717) is 18.1 Å². The van der Waals surface area contributed by atoms with Crippen molar-refractivity contribution in [3.8, 4) is 0 Å². The van der Waals surface area contributed by atoms with E-state index in [9.17, 15) is 9.59 Å². The molecule has 166 valence electrons. The van der Waals surface area contributed by atoms with E-state index in [4.69, 9.17) is 14.2 Å². The van der Waals surface area contributed by atoms with Gasteiger partial charge in [-0.05, 0) is 31.2 Å². The van der Waals surface area contributed by atoms with Crippen LogP contribution in [0, 0.1) is 18.8 Å².